The van der Waals surface area contributed by atoms with Gasteiger partial charge in [0.15, 0.2) is 0 Å². The number of para-hydroxylation sites is 1. The second-order valence-corrected chi connectivity index (χ2v) is 6.97. The van der Waals surface area contributed by atoms with E-state index in [2.05, 4.69) is 9.88 Å². The molecule has 0 fully saturated rings. The Morgan fingerprint density at radius 3 is 2.45 bits per heavy atom. The zero-order valence-corrected chi connectivity index (χ0v) is 15.9. The number of hydrogen-bond donors (Lipinski definition) is 3. The molecule has 29 heavy (non-hydrogen) atoms. The number of amides is 1. The van der Waals surface area contributed by atoms with Crippen molar-refractivity contribution in [2.75, 3.05) is 0 Å². The van der Waals surface area contributed by atoms with Gasteiger partial charge in [-0.3, -0.25) is 10.2 Å². The predicted octanol–water partition coefficient (Wildman–Crippen LogP) is 3.90. The van der Waals surface area contributed by atoms with Crippen LogP contribution < -0.4 is 11.1 Å². The Balaban J connectivity index is 1.62. The Morgan fingerprint density at radius 2 is 1.66 bits per heavy atom. The first-order valence-electron chi connectivity index (χ1n) is 9.45. The van der Waals surface area contributed by atoms with Crippen molar-refractivity contribution in [1.29, 1.82) is 5.41 Å². The standard InChI is InChI=1S/C24H22N4O/c25-23(26)19-10-6-9-18(13-19)15-28-16-21(20-11-4-5-12-22(20)28)24(29)27-14-17-7-2-1-3-8-17/h1-13,16H,14-15H2,(H3,25,26)(H,27,29). The summed E-state index contributed by atoms with van der Waals surface area (Å²) in [4.78, 5) is 12.9. The van der Waals surface area contributed by atoms with Crippen LogP contribution in [0.25, 0.3) is 10.9 Å². The molecule has 0 radical (unpaired) electrons. The molecule has 1 heterocycles. The normalized spacial score (nSPS) is 10.8. The molecule has 0 spiro atoms. The van der Waals surface area contributed by atoms with Crippen LogP contribution in [0.2, 0.25) is 0 Å². The molecule has 0 saturated carbocycles. The second-order valence-electron chi connectivity index (χ2n) is 6.97. The van der Waals surface area contributed by atoms with Crippen LogP contribution in [0.15, 0.2) is 85.1 Å². The number of carbonyl (C=O) groups is 1. The Hall–Kier alpha value is -3.86. The van der Waals surface area contributed by atoms with Gasteiger partial charge >= 0.3 is 0 Å². The van der Waals surface area contributed by atoms with Crippen molar-refractivity contribution in [3.05, 3.63) is 107 Å². The van der Waals surface area contributed by atoms with Gasteiger partial charge in [-0.25, -0.2) is 0 Å². The summed E-state index contributed by atoms with van der Waals surface area (Å²) in [5.74, 6) is -0.0496. The van der Waals surface area contributed by atoms with Gasteiger partial charge < -0.3 is 15.6 Å². The number of nitrogens with two attached hydrogens (primary N) is 1. The lowest BCUT2D eigenvalue weighted by molar-refractivity contribution is 0.0952. The van der Waals surface area contributed by atoms with Crippen molar-refractivity contribution in [3.8, 4) is 0 Å². The van der Waals surface area contributed by atoms with E-state index in [1.807, 2.05) is 85.1 Å². The molecule has 3 aromatic carbocycles. The molecule has 0 bridgehead atoms. The van der Waals surface area contributed by atoms with Gasteiger partial charge in [-0.1, -0.05) is 66.7 Å². The summed E-state index contributed by atoms with van der Waals surface area (Å²) in [5, 5.41) is 11.6. The van der Waals surface area contributed by atoms with Crippen LogP contribution in [0.5, 0.6) is 0 Å². The van der Waals surface area contributed by atoms with Gasteiger partial charge in [0.25, 0.3) is 5.91 Å². The van der Waals surface area contributed by atoms with Crippen molar-refractivity contribution in [2.24, 2.45) is 5.73 Å². The van der Waals surface area contributed by atoms with E-state index in [9.17, 15) is 4.79 Å². The maximum absolute atomic E-state index is 12.9. The molecule has 5 nitrogen and oxygen atoms in total. The van der Waals surface area contributed by atoms with Gasteiger partial charge in [0.2, 0.25) is 0 Å². The number of benzene rings is 3. The van der Waals surface area contributed by atoms with Gasteiger partial charge in [0.1, 0.15) is 5.84 Å². The van der Waals surface area contributed by atoms with Crippen molar-refractivity contribution in [2.45, 2.75) is 13.1 Å². The van der Waals surface area contributed by atoms with Crippen LogP contribution in [-0.2, 0) is 13.1 Å². The Kier molecular flexibility index (Phi) is 5.12. The van der Waals surface area contributed by atoms with Crippen molar-refractivity contribution >= 4 is 22.6 Å². The van der Waals surface area contributed by atoms with E-state index in [0.29, 0.717) is 24.2 Å². The second kappa shape index (κ2) is 8.02. The van der Waals surface area contributed by atoms with Crippen molar-refractivity contribution < 1.29 is 4.79 Å². The summed E-state index contributed by atoms with van der Waals surface area (Å²) in [7, 11) is 0. The lowest BCUT2D eigenvalue weighted by atomic mass is 10.1. The third-order valence-electron chi connectivity index (χ3n) is 4.92. The van der Waals surface area contributed by atoms with E-state index >= 15 is 0 Å². The van der Waals surface area contributed by atoms with Gasteiger partial charge in [0.05, 0.1) is 5.56 Å². The molecule has 4 N–H and O–H groups in total. The molecule has 0 aliphatic heterocycles. The Bertz CT molecular complexity index is 1180. The Labute approximate surface area is 169 Å². The number of nitrogens with zero attached hydrogens (tertiary/aromatic N) is 1. The number of nitrogens with one attached hydrogen (secondary N) is 2. The molecule has 0 unspecified atom stereocenters. The van der Waals surface area contributed by atoms with E-state index in [1.165, 1.54) is 0 Å². The monoisotopic (exact) mass is 382 g/mol. The molecule has 0 aliphatic rings. The zero-order valence-electron chi connectivity index (χ0n) is 15.9. The first-order valence-corrected chi connectivity index (χ1v) is 9.45. The quantitative estimate of drug-likeness (QED) is 0.349. The van der Waals surface area contributed by atoms with Crippen molar-refractivity contribution in [1.82, 2.24) is 9.88 Å². The number of nitrogen functional groups attached to an aromatic ring is 1. The summed E-state index contributed by atoms with van der Waals surface area (Å²) in [6.07, 6.45) is 1.89. The van der Waals surface area contributed by atoms with Gasteiger partial charge in [-0.15, -0.1) is 0 Å². The molecule has 0 atom stereocenters. The summed E-state index contributed by atoms with van der Waals surface area (Å²) >= 11 is 0. The molecule has 4 aromatic rings. The SMILES string of the molecule is N=C(N)c1cccc(Cn2cc(C(=O)NCc3ccccc3)c3ccccc32)c1. The van der Waals surface area contributed by atoms with Crippen LogP contribution >= 0.6 is 0 Å². The Morgan fingerprint density at radius 1 is 0.931 bits per heavy atom. The minimum Gasteiger partial charge on any atom is -0.384 e. The molecule has 1 aromatic heterocycles. The third kappa shape index (κ3) is 4.04. The highest BCUT2D eigenvalue weighted by Crippen LogP contribution is 2.23. The zero-order chi connectivity index (χ0) is 20.2. The van der Waals surface area contributed by atoms with Gasteiger partial charge in [0, 0.05) is 35.8 Å². The fourth-order valence-electron chi connectivity index (χ4n) is 3.47. The number of aromatic nitrogens is 1. The van der Waals surface area contributed by atoms with Crippen molar-refractivity contribution in [3.63, 3.8) is 0 Å². The smallest absolute Gasteiger partial charge is 0.253 e. The number of hydrogen-bond acceptors (Lipinski definition) is 2. The highest BCUT2D eigenvalue weighted by molar-refractivity contribution is 6.07. The summed E-state index contributed by atoms with van der Waals surface area (Å²) in [5.41, 5.74) is 10.0. The highest BCUT2D eigenvalue weighted by Gasteiger charge is 2.15. The molecule has 4 rings (SSSR count). The molecule has 0 saturated heterocycles. The van der Waals surface area contributed by atoms with E-state index < -0.39 is 0 Å². The lowest BCUT2D eigenvalue weighted by Crippen LogP contribution is -2.22. The van der Waals surface area contributed by atoms with E-state index in [-0.39, 0.29) is 11.7 Å². The number of fused-ring (bicyclic) bond motifs is 1. The minimum absolute atomic E-state index is 0.0465. The van der Waals surface area contributed by atoms with Gasteiger partial charge in [-0.05, 0) is 23.3 Å². The van der Waals surface area contributed by atoms with Crippen LogP contribution in [0.4, 0.5) is 0 Å². The lowest BCUT2D eigenvalue weighted by Gasteiger charge is -2.07. The summed E-state index contributed by atoms with van der Waals surface area (Å²) in [6.45, 7) is 1.08. The molecule has 144 valence electrons. The van der Waals surface area contributed by atoms with Crippen LogP contribution in [0, 0.1) is 5.41 Å². The average Bonchev–Trinajstić information content (AvgIpc) is 3.11. The third-order valence-corrected chi connectivity index (χ3v) is 4.92. The maximum Gasteiger partial charge on any atom is 0.253 e. The predicted molar refractivity (Wildman–Crippen MR) is 116 cm³/mol. The number of rotatable bonds is 6. The summed E-state index contributed by atoms with van der Waals surface area (Å²) < 4.78 is 2.06. The molecule has 1 amide bonds. The average molecular weight is 382 g/mol. The fourth-order valence-corrected chi connectivity index (χ4v) is 3.47. The first kappa shape index (κ1) is 18.5. The van der Waals surface area contributed by atoms with Crippen LogP contribution in [0.1, 0.15) is 27.0 Å². The number of carbonyl (C=O) groups excluding carboxylic acids is 1. The molecular formula is C24H22N4O. The topological polar surface area (TPSA) is 83.9 Å². The minimum atomic E-state index is -0.0960. The van der Waals surface area contributed by atoms with Crippen LogP contribution in [0.3, 0.4) is 0 Å². The van der Waals surface area contributed by atoms with E-state index in [4.69, 9.17) is 11.1 Å². The highest BCUT2D eigenvalue weighted by atomic mass is 16.1. The van der Waals surface area contributed by atoms with E-state index in [0.717, 1.165) is 22.0 Å². The maximum atomic E-state index is 12.9. The number of amidine groups is 1. The molecular weight excluding hydrogens is 360 g/mol. The van der Waals surface area contributed by atoms with Crippen LogP contribution in [-0.4, -0.2) is 16.3 Å². The summed E-state index contributed by atoms with van der Waals surface area (Å²) in [6, 6.07) is 25.4. The van der Waals surface area contributed by atoms with Gasteiger partial charge in [-0.2, -0.15) is 0 Å². The largest absolute Gasteiger partial charge is 0.384 e. The fraction of sp³-hybridized carbons (Fsp3) is 0.0833. The van der Waals surface area contributed by atoms with E-state index in [1.54, 1.807) is 0 Å². The molecule has 5 heteroatoms. The first-order chi connectivity index (χ1) is 14.1. The molecule has 0 aliphatic carbocycles.